The van der Waals surface area contributed by atoms with Gasteiger partial charge >= 0.3 is 0 Å². The first-order chi connectivity index (χ1) is 9.03. The second kappa shape index (κ2) is 7.54. The number of hydrogen-bond donors (Lipinski definition) is 1. The van der Waals surface area contributed by atoms with E-state index >= 15 is 0 Å². The molecular formula is C17H29NO. The topological polar surface area (TPSA) is 21.3 Å². The van der Waals surface area contributed by atoms with E-state index in [1.165, 1.54) is 29.5 Å². The van der Waals surface area contributed by atoms with Crippen molar-refractivity contribution in [2.24, 2.45) is 5.92 Å². The Morgan fingerprint density at radius 1 is 1.16 bits per heavy atom. The number of aryl methyl sites for hydroxylation is 2. The van der Waals surface area contributed by atoms with Crippen LogP contribution < -0.4 is 10.1 Å². The predicted molar refractivity (Wildman–Crippen MR) is 83.0 cm³/mol. The van der Waals surface area contributed by atoms with Crippen LogP contribution in [0.3, 0.4) is 0 Å². The molecule has 1 N–H and O–H groups in total. The number of rotatable bonds is 7. The molecule has 2 unspecified atom stereocenters. The van der Waals surface area contributed by atoms with E-state index in [1.54, 1.807) is 7.11 Å². The normalized spacial score (nSPS) is 14.2. The van der Waals surface area contributed by atoms with Crippen LogP contribution in [0, 0.1) is 19.8 Å². The number of benzene rings is 1. The van der Waals surface area contributed by atoms with Crippen molar-refractivity contribution in [2.75, 3.05) is 13.7 Å². The van der Waals surface area contributed by atoms with Crippen LogP contribution in [-0.4, -0.2) is 13.7 Å². The molecule has 0 radical (unpaired) electrons. The summed E-state index contributed by atoms with van der Waals surface area (Å²) in [5, 5.41) is 3.63. The first kappa shape index (κ1) is 16.0. The first-order valence-corrected chi connectivity index (χ1v) is 7.41. The fourth-order valence-corrected chi connectivity index (χ4v) is 2.54. The molecule has 19 heavy (non-hydrogen) atoms. The van der Waals surface area contributed by atoms with Gasteiger partial charge in [-0.05, 0) is 55.5 Å². The number of methoxy groups -OCH3 is 1. The Morgan fingerprint density at radius 3 is 2.37 bits per heavy atom. The Morgan fingerprint density at radius 2 is 1.84 bits per heavy atom. The molecule has 1 aromatic rings. The fraction of sp³-hybridized carbons (Fsp3) is 0.647. The smallest absolute Gasteiger partial charge is 0.122 e. The molecule has 2 heteroatoms. The third-order valence-electron chi connectivity index (χ3n) is 3.94. The molecule has 0 spiro atoms. The van der Waals surface area contributed by atoms with E-state index < -0.39 is 0 Å². The highest BCUT2D eigenvalue weighted by Gasteiger charge is 2.17. The molecule has 0 amide bonds. The summed E-state index contributed by atoms with van der Waals surface area (Å²) in [4.78, 5) is 0. The van der Waals surface area contributed by atoms with Crippen LogP contribution in [0.1, 0.15) is 56.3 Å². The second-order valence-electron chi connectivity index (χ2n) is 5.54. The van der Waals surface area contributed by atoms with E-state index in [2.05, 4.69) is 52.1 Å². The summed E-state index contributed by atoms with van der Waals surface area (Å²) in [6.07, 6.45) is 2.42. The zero-order valence-corrected chi connectivity index (χ0v) is 13.3. The van der Waals surface area contributed by atoms with E-state index in [-0.39, 0.29) is 0 Å². The van der Waals surface area contributed by atoms with Crippen LogP contribution in [0.2, 0.25) is 0 Å². The summed E-state index contributed by atoms with van der Waals surface area (Å²) >= 11 is 0. The summed E-state index contributed by atoms with van der Waals surface area (Å²) in [5.41, 5.74) is 3.95. The number of ether oxygens (including phenoxy) is 1. The standard InChI is InChI=1S/C17H29NO/c1-7-12(3)9-16(18-8-2)15-10-14(5)17(19-6)11-13(15)4/h10-12,16,18H,7-9H2,1-6H3. The van der Waals surface area contributed by atoms with Gasteiger partial charge in [0.2, 0.25) is 0 Å². The Bertz CT molecular complexity index is 400. The Balaban J connectivity index is 3.04. The number of hydrogen-bond acceptors (Lipinski definition) is 2. The highest BCUT2D eigenvalue weighted by molar-refractivity contribution is 5.42. The van der Waals surface area contributed by atoms with Crippen molar-refractivity contribution in [1.29, 1.82) is 0 Å². The van der Waals surface area contributed by atoms with Crippen molar-refractivity contribution in [3.8, 4) is 5.75 Å². The predicted octanol–water partition coefficient (Wildman–Crippen LogP) is 4.40. The zero-order valence-electron chi connectivity index (χ0n) is 13.3. The monoisotopic (exact) mass is 263 g/mol. The van der Waals surface area contributed by atoms with Crippen molar-refractivity contribution >= 4 is 0 Å². The molecule has 108 valence electrons. The minimum absolute atomic E-state index is 0.449. The van der Waals surface area contributed by atoms with Crippen LogP contribution in [0.15, 0.2) is 12.1 Å². The molecule has 0 aliphatic heterocycles. The van der Waals surface area contributed by atoms with Crippen molar-refractivity contribution in [2.45, 2.75) is 53.5 Å². The average molecular weight is 263 g/mol. The van der Waals surface area contributed by atoms with Gasteiger partial charge in [-0.25, -0.2) is 0 Å². The van der Waals surface area contributed by atoms with Gasteiger partial charge < -0.3 is 10.1 Å². The third kappa shape index (κ3) is 4.24. The molecular weight excluding hydrogens is 234 g/mol. The fourth-order valence-electron chi connectivity index (χ4n) is 2.54. The van der Waals surface area contributed by atoms with Gasteiger partial charge in [-0.15, -0.1) is 0 Å². The van der Waals surface area contributed by atoms with Gasteiger partial charge in [-0.1, -0.05) is 33.3 Å². The van der Waals surface area contributed by atoms with E-state index in [9.17, 15) is 0 Å². The van der Waals surface area contributed by atoms with Crippen LogP contribution >= 0.6 is 0 Å². The van der Waals surface area contributed by atoms with Crippen molar-refractivity contribution in [1.82, 2.24) is 5.32 Å². The van der Waals surface area contributed by atoms with E-state index in [1.807, 2.05) is 0 Å². The lowest BCUT2D eigenvalue weighted by molar-refractivity contribution is 0.401. The highest BCUT2D eigenvalue weighted by Crippen LogP contribution is 2.30. The van der Waals surface area contributed by atoms with Gasteiger partial charge in [-0.3, -0.25) is 0 Å². The molecule has 0 bridgehead atoms. The SMILES string of the molecule is CCNC(CC(C)CC)c1cc(C)c(OC)cc1C. The lowest BCUT2D eigenvalue weighted by atomic mass is 9.90. The third-order valence-corrected chi connectivity index (χ3v) is 3.94. The summed E-state index contributed by atoms with van der Waals surface area (Å²) in [7, 11) is 1.74. The molecule has 0 saturated heterocycles. The van der Waals surface area contributed by atoms with Crippen molar-refractivity contribution in [3.63, 3.8) is 0 Å². The van der Waals surface area contributed by atoms with Gasteiger partial charge in [0.25, 0.3) is 0 Å². The average Bonchev–Trinajstić information content (AvgIpc) is 2.40. The summed E-state index contributed by atoms with van der Waals surface area (Å²) in [5.74, 6) is 1.73. The Labute approximate surface area is 118 Å². The largest absolute Gasteiger partial charge is 0.496 e. The minimum atomic E-state index is 0.449. The molecule has 0 fully saturated rings. The zero-order chi connectivity index (χ0) is 14.4. The maximum Gasteiger partial charge on any atom is 0.122 e. The number of nitrogens with one attached hydrogen (secondary N) is 1. The molecule has 1 rings (SSSR count). The van der Waals surface area contributed by atoms with Crippen molar-refractivity contribution < 1.29 is 4.74 Å². The first-order valence-electron chi connectivity index (χ1n) is 7.41. The van der Waals surface area contributed by atoms with E-state index in [0.29, 0.717) is 6.04 Å². The molecule has 0 aliphatic rings. The van der Waals surface area contributed by atoms with Gasteiger partial charge in [-0.2, -0.15) is 0 Å². The van der Waals surface area contributed by atoms with E-state index in [0.717, 1.165) is 18.2 Å². The molecule has 1 aromatic carbocycles. The second-order valence-corrected chi connectivity index (χ2v) is 5.54. The molecule has 2 atom stereocenters. The van der Waals surface area contributed by atoms with Gasteiger partial charge in [0.05, 0.1) is 7.11 Å². The quantitative estimate of drug-likeness (QED) is 0.787. The van der Waals surface area contributed by atoms with Crippen molar-refractivity contribution in [3.05, 3.63) is 28.8 Å². The molecule has 2 nitrogen and oxygen atoms in total. The van der Waals surface area contributed by atoms with Crippen LogP contribution in [0.25, 0.3) is 0 Å². The summed E-state index contributed by atoms with van der Waals surface area (Å²) in [6.45, 7) is 12.1. The summed E-state index contributed by atoms with van der Waals surface area (Å²) in [6, 6.07) is 4.89. The maximum atomic E-state index is 5.40. The van der Waals surface area contributed by atoms with Gasteiger partial charge in [0.1, 0.15) is 5.75 Å². The summed E-state index contributed by atoms with van der Waals surface area (Å²) < 4.78 is 5.40. The Hall–Kier alpha value is -1.02. The van der Waals surface area contributed by atoms with Gasteiger partial charge in [0, 0.05) is 6.04 Å². The molecule has 0 heterocycles. The Kier molecular flexibility index (Phi) is 6.36. The highest BCUT2D eigenvalue weighted by atomic mass is 16.5. The van der Waals surface area contributed by atoms with Crippen LogP contribution in [-0.2, 0) is 0 Å². The van der Waals surface area contributed by atoms with Crippen LogP contribution in [0.4, 0.5) is 0 Å². The minimum Gasteiger partial charge on any atom is -0.496 e. The van der Waals surface area contributed by atoms with Gasteiger partial charge in [0.15, 0.2) is 0 Å². The van der Waals surface area contributed by atoms with Crippen LogP contribution in [0.5, 0.6) is 5.75 Å². The lowest BCUT2D eigenvalue weighted by Crippen LogP contribution is -2.23. The lowest BCUT2D eigenvalue weighted by Gasteiger charge is -2.24. The van der Waals surface area contributed by atoms with E-state index in [4.69, 9.17) is 4.74 Å². The molecule has 0 saturated carbocycles. The molecule has 0 aromatic heterocycles. The molecule has 0 aliphatic carbocycles. The maximum absolute atomic E-state index is 5.40.